The Bertz CT molecular complexity index is 1660. The Balaban J connectivity index is 1.58. The van der Waals surface area contributed by atoms with Crippen molar-refractivity contribution in [2.75, 3.05) is 0 Å². The van der Waals surface area contributed by atoms with Gasteiger partial charge in [-0.25, -0.2) is 9.97 Å². The summed E-state index contributed by atoms with van der Waals surface area (Å²) in [7, 11) is 0. The number of fused-ring (bicyclic) bond motifs is 3. The highest BCUT2D eigenvalue weighted by atomic mass is 16.3. The molecular formula is C32H27N3O. The van der Waals surface area contributed by atoms with E-state index in [0.717, 1.165) is 51.2 Å². The lowest BCUT2D eigenvalue weighted by Crippen LogP contribution is -2.01. The van der Waals surface area contributed by atoms with Crippen molar-refractivity contribution in [3.05, 3.63) is 109 Å². The summed E-state index contributed by atoms with van der Waals surface area (Å²) in [5, 5.41) is 12.7. The van der Waals surface area contributed by atoms with Gasteiger partial charge in [-0.3, -0.25) is 4.57 Å². The molecule has 3 aromatic heterocycles. The number of pyridine rings is 2. The van der Waals surface area contributed by atoms with Gasteiger partial charge in [0.1, 0.15) is 11.4 Å². The zero-order valence-electron chi connectivity index (χ0n) is 20.4. The number of aromatic nitrogens is 3. The van der Waals surface area contributed by atoms with Crippen LogP contribution in [0.5, 0.6) is 5.75 Å². The number of para-hydroxylation sites is 2. The fourth-order valence-electron chi connectivity index (χ4n) is 5.03. The molecule has 0 aliphatic carbocycles. The molecule has 176 valence electrons. The van der Waals surface area contributed by atoms with Gasteiger partial charge in [0.15, 0.2) is 0 Å². The van der Waals surface area contributed by atoms with Crippen molar-refractivity contribution >= 4 is 21.9 Å². The van der Waals surface area contributed by atoms with E-state index in [2.05, 4.69) is 66.9 Å². The van der Waals surface area contributed by atoms with Crippen LogP contribution in [0, 0.1) is 5.92 Å². The van der Waals surface area contributed by atoms with Crippen molar-refractivity contribution in [2.24, 2.45) is 5.92 Å². The first-order chi connectivity index (χ1) is 17.6. The zero-order chi connectivity index (χ0) is 24.6. The fraction of sp³-hybridized carbons (Fsp3) is 0.125. The number of phenols is 1. The number of hydrogen-bond acceptors (Lipinski definition) is 3. The van der Waals surface area contributed by atoms with E-state index in [1.165, 1.54) is 10.9 Å². The van der Waals surface area contributed by atoms with E-state index in [4.69, 9.17) is 9.97 Å². The van der Waals surface area contributed by atoms with Crippen molar-refractivity contribution in [3.63, 3.8) is 0 Å². The van der Waals surface area contributed by atoms with Crippen LogP contribution in [0.4, 0.5) is 0 Å². The average molecular weight is 470 g/mol. The molecule has 6 rings (SSSR count). The second kappa shape index (κ2) is 8.97. The lowest BCUT2D eigenvalue weighted by atomic mass is 9.98. The van der Waals surface area contributed by atoms with Crippen molar-refractivity contribution in [2.45, 2.75) is 20.3 Å². The molecule has 3 heterocycles. The first kappa shape index (κ1) is 22.1. The summed E-state index contributed by atoms with van der Waals surface area (Å²) in [6.07, 6.45) is 2.82. The SMILES string of the molecule is CC(C)Cc1cc(-c2cccc(-c3ccccc3O)n2)cc(-n2c3ccccc3c3cccnc32)c1. The van der Waals surface area contributed by atoms with E-state index in [9.17, 15) is 5.11 Å². The Kier molecular flexibility index (Phi) is 5.49. The van der Waals surface area contributed by atoms with E-state index in [0.29, 0.717) is 5.92 Å². The van der Waals surface area contributed by atoms with Gasteiger partial charge in [-0.05, 0) is 78.6 Å². The normalized spacial score (nSPS) is 11.5. The Morgan fingerprint density at radius 1 is 0.778 bits per heavy atom. The summed E-state index contributed by atoms with van der Waals surface area (Å²) in [6.45, 7) is 4.48. The average Bonchev–Trinajstić information content (AvgIpc) is 3.23. The molecule has 0 spiro atoms. The second-order valence-corrected chi connectivity index (χ2v) is 9.64. The topological polar surface area (TPSA) is 50.9 Å². The van der Waals surface area contributed by atoms with E-state index < -0.39 is 0 Å². The molecule has 0 bridgehead atoms. The van der Waals surface area contributed by atoms with Crippen molar-refractivity contribution in [1.29, 1.82) is 0 Å². The first-order valence-electron chi connectivity index (χ1n) is 12.3. The maximum Gasteiger partial charge on any atom is 0.145 e. The van der Waals surface area contributed by atoms with Gasteiger partial charge in [0.2, 0.25) is 0 Å². The van der Waals surface area contributed by atoms with Crippen LogP contribution in [-0.4, -0.2) is 19.6 Å². The summed E-state index contributed by atoms with van der Waals surface area (Å²) in [6, 6.07) is 32.6. The molecule has 0 atom stereocenters. The third-order valence-corrected chi connectivity index (χ3v) is 6.54. The predicted octanol–water partition coefficient (Wildman–Crippen LogP) is 7.81. The lowest BCUT2D eigenvalue weighted by molar-refractivity contribution is 0.477. The standard InChI is InChI=1S/C32H27N3O/c1-21(2)17-22-18-23(28-12-7-13-29(34-28)27-10-4-6-15-31(27)36)20-24(19-22)35-30-14-5-3-9-25(30)26-11-8-16-33-32(26)35/h3-16,18-21,36H,17H2,1-2H3. The molecule has 0 aliphatic heterocycles. The first-order valence-corrected chi connectivity index (χ1v) is 12.3. The van der Waals surface area contributed by atoms with Crippen LogP contribution >= 0.6 is 0 Å². The molecular weight excluding hydrogens is 442 g/mol. The Labute approximate surface area is 210 Å². The molecule has 3 aromatic carbocycles. The number of phenolic OH excluding ortho intramolecular Hbond substituents is 1. The predicted molar refractivity (Wildman–Crippen MR) is 147 cm³/mol. The molecule has 0 saturated heterocycles. The molecule has 0 aliphatic rings. The van der Waals surface area contributed by atoms with E-state index >= 15 is 0 Å². The molecule has 4 nitrogen and oxygen atoms in total. The molecule has 6 aromatic rings. The van der Waals surface area contributed by atoms with Crippen molar-refractivity contribution < 1.29 is 5.11 Å². The third-order valence-electron chi connectivity index (χ3n) is 6.54. The third kappa shape index (κ3) is 3.91. The van der Waals surface area contributed by atoms with Crippen LogP contribution in [0.2, 0.25) is 0 Å². The number of nitrogens with zero attached hydrogens (tertiary/aromatic N) is 3. The molecule has 1 N–H and O–H groups in total. The van der Waals surface area contributed by atoms with Crippen LogP contribution < -0.4 is 0 Å². The highest BCUT2D eigenvalue weighted by molar-refractivity contribution is 6.07. The van der Waals surface area contributed by atoms with Gasteiger partial charge in [-0.1, -0.05) is 50.2 Å². The molecule has 0 amide bonds. The van der Waals surface area contributed by atoms with Crippen molar-refractivity contribution in [1.82, 2.24) is 14.5 Å². The summed E-state index contributed by atoms with van der Waals surface area (Å²) >= 11 is 0. The van der Waals surface area contributed by atoms with E-state index in [-0.39, 0.29) is 5.75 Å². The Morgan fingerprint density at radius 3 is 2.42 bits per heavy atom. The minimum atomic E-state index is 0.229. The van der Waals surface area contributed by atoms with Crippen LogP contribution in [-0.2, 0) is 6.42 Å². The van der Waals surface area contributed by atoms with Crippen LogP contribution in [0.15, 0.2) is 103 Å². The van der Waals surface area contributed by atoms with Crippen LogP contribution in [0.3, 0.4) is 0 Å². The number of aromatic hydroxyl groups is 1. The van der Waals surface area contributed by atoms with E-state index in [1.54, 1.807) is 6.07 Å². The number of hydrogen-bond donors (Lipinski definition) is 1. The summed E-state index contributed by atoms with van der Waals surface area (Å²) < 4.78 is 2.25. The van der Waals surface area contributed by atoms with Gasteiger partial charge >= 0.3 is 0 Å². The molecule has 4 heteroatoms. The minimum Gasteiger partial charge on any atom is -0.507 e. The second-order valence-electron chi connectivity index (χ2n) is 9.64. The van der Waals surface area contributed by atoms with Gasteiger partial charge in [0.05, 0.1) is 16.9 Å². The molecule has 0 fully saturated rings. The van der Waals surface area contributed by atoms with Gasteiger partial charge in [0.25, 0.3) is 0 Å². The highest BCUT2D eigenvalue weighted by Crippen LogP contribution is 2.34. The molecule has 0 saturated carbocycles. The fourth-order valence-corrected chi connectivity index (χ4v) is 5.03. The van der Waals surface area contributed by atoms with Gasteiger partial charge in [-0.15, -0.1) is 0 Å². The maximum atomic E-state index is 10.4. The smallest absolute Gasteiger partial charge is 0.145 e. The molecule has 0 radical (unpaired) electrons. The lowest BCUT2D eigenvalue weighted by Gasteiger charge is -2.14. The molecule has 36 heavy (non-hydrogen) atoms. The van der Waals surface area contributed by atoms with Crippen LogP contribution in [0.1, 0.15) is 19.4 Å². The molecule has 0 unspecified atom stereocenters. The quantitative estimate of drug-likeness (QED) is 0.280. The summed E-state index contributed by atoms with van der Waals surface area (Å²) in [5.41, 5.74) is 7.80. The summed E-state index contributed by atoms with van der Waals surface area (Å²) in [4.78, 5) is 9.73. The zero-order valence-corrected chi connectivity index (χ0v) is 20.4. The largest absolute Gasteiger partial charge is 0.507 e. The van der Waals surface area contributed by atoms with Crippen LogP contribution in [0.25, 0.3) is 50.1 Å². The minimum absolute atomic E-state index is 0.229. The van der Waals surface area contributed by atoms with Crippen molar-refractivity contribution in [3.8, 4) is 34.0 Å². The highest BCUT2D eigenvalue weighted by Gasteiger charge is 2.15. The van der Waals surface area contributed by atoms with Gasteiger partial charge < -0.3 is 5.11 Å². The Morgan fingerprint density at radius 2 is 1.56 bits per heavy atom. The van der Waals surface area contributed by atoms with E-state index in [1.807, 2.05) is 48.7 Å². The van der Waals surface area contributed by atoms with Gasteiger partial charge in [0, 0.05) is 33.8 Å². The van der Waals surface area contributed by atoms with Gasteiger partial charge in [-0.2, -0.15) is 0 Å². The number of benzene rings is 3. The maximum absolute atomic E-state index is 10.4. The monoisotopic (exact) mass is 469 g/mol. The Hall–Kier alpha value is -4.44. The summed E-state index contributed by atoms with van der Waals surface area (Å²) in [5.74, 6) is 0.748. The number of rotatable bonds is 5.